The molecular formula is C12H29NO. The molecule has 2 N–H and O–H groups in total. The molecule has 0 atom stereocenters. The monoisotopic (exact) mass is 203 g/mol. The third kappa shape index (κ3) is 10.0. The molecule has 0 amide bonds. The first kappa shape index (κ1) is 16.4. The van der Waals surface area contributed by atoms with Crippen LogP contribution >= 0.6 is 0 Å². The predicted molar refractivity (Wildman–Crippen MR) is 64.8 cm³/mol. The average Bonchev–Trinajstić information content (AvgIpc) is 2.60. The van der Waals surface area contributed by atoms with E-state index in [0.717, 1.165) is 0 Å². The van der Waals surface area contributed by atoms with Crippen molar-refractivity contribution in [2.45, 2.75) is 59.3 Å². The second-order valence-electron chi connectivity index (χ2n) is 3.90. The van der Waals surface area contributed by atoms with Crippen molar-refractivity contribution in [3.05, 3.63) is 0 Å². The van der Waals surface area contributed by atoms with Crippen LogP contribution in [0.1, 0.15) is 59.3 Å². The van der Waals surface area contributed by atoms with E-state index in [0.29, 0.717) is 0 Å². The molecule has 0 aromatic rings. The molecular weight excluding hydrogens is 174 g/mol. The van der Waals surface area contributed by atoms with Gasteiger partial charge in [0.05, 0.1) is 0 Å². The summed E-state index contributed by atoms with van der Waals surface area (Å²) in [7, 11) is 0. The van der Waals surface area contributed by atoms with Gasteiger partial charge in [-0.3, -0.25) is 0 Å². The normalized spacial score (nSPS) is 15.6. The Morgan fingerprint density at radius 1 is 0.857 bits per heavy atom. The summed E-state index contributed by atoms with van der Waals surface area (Å²) in [6.45, 7) is 10.7. The standard InChI is InChI=1S/C7H15N.C5H12.H2O/c1-2-5-8-6-3-4-7-8;1-3-5-4-2;/h2-7H2,1H3;3-5H2,1-2H3;1H2. The zero-order valence-corrected chi connectivity index (χ0v) is 10.3. The van der Waals surface area contributed by atoms with Crippen molar-refractivity contribution in [2.24, 2.45) is 0 Å². The lowest BCUT2D eigenvalue weighted by molar-refractivity contribution is 0.339. The zero-order chi connectivity index (χ0) is 9.94. The molecule has 1 aliphatic heterocycles. The SMILES string of the molecule is CCCCC.CCCN1CCCC1.O. The maximum atomic E-state index is 2.54. The van der Waals surface area contributed by atoms with Gasteiger partial charge in [0.2, 0.25) is 0 Å². The third-order valence-electron chi connectivity index (χ3n) is 2.45. The molecule has 14 heavy (non-hydrogen) atoms. The van der Waals surface area contributed by atoms with E-state index in [1.165, 1.54) is 58.2 Å². The second kappa shape index (κ2) is 12.9. The first-order valence-corrected chi connectivity index (χ1v) is 6.07. The van der Waals surface area contributed by atoms with Crippen LogP contribution in [0.5, 0.6) is 0 Å². The molecule has 0 spiro atoms. The van der Waals surface area contributed by atoms with Gasteiger partial charge in [0, 0.05) is 0 Å². The summed E-state index contributed by atoms with van der Waals surface area (Å²) in [5, 5.41) is 0. The summed E-state index contributed by atoms with van der Waals surface area (Å²) in [6, 6.07) is 0. The first-order chi connectivity index (χ1) is 6.35. The number of hydrogen-bond donors (Lipinski definition) is 0. The summed E-state index contributed by atoms with van der Waals surface area (Å²) < 4.78 is 0. The van der Waals surface area contributed by atoms with Gasteiger partial charge < -0.3 is 10.4 Å². The van der Waals surface area contributed by atoms with E-state index >= 15 is 0 Å². The minimum absolute atomic E-state index is 0. The highest BCUT2D eigenvalue weighted by atomic mass is 16.0. The van der Waals surface area contributed by atoms with Crippen LogP contribution < -0.4 is 0 Å². The van der Waals surface area contributed by atoms with Gasteiger partial charge in [-0.05, 0) is 38.9 Å². The molecule has 0 aliphatic carbocycles. The van der Waals surface area contributed by atoms with E-state index in [2.05, 4.69) is 25.7 Å². The highest BCUT2D eigenvalue weighted by molar-refractivity contribution is 4.64. The van der Waals surface area contributed by atoms with Gasteiger partial charge in [0.15, 0.2) is 0 Å². The molecule has 1 fully saturated rings. The van der Waals surface area contributed by atoms with Crippen LogP contribution in [-0.4, -0.2) is 30.0 Å². The van der Waals surface area contributed by atoms with Crippen LogP contribution in [0, 0.1) is 0 Å². The van der Waals surface area contributed by atoms with Gasteiger partial charge in [-0.15, -0.1) is 0 Å². The fourth-order valence-corrected chi connectivity index (χ4v) is 1.68. The number of rotatable bonds is 4. The van der Waals surface area contributed by atoms with Gasteiger partial charge in [0.1, 0.15) is 0 Å². The van der Waals surface area contributed by atoms with Gasteiger partial charge in [-0.25, -0.2) is 0 Å². The van der Waals surface area contributed by atoms with Crippen LogP contribution in [0.4, 0.5) is 0 Å². The fraction of sp³-hybridized carbons (Fsp3) is 1.00. The third-order valence-corrected chi connectivity index (χ3v) is 2.45. The molecule has 2 heteroatoms. The number of hydrogen-bond acceptors (Lipinski definition) is 1. The Balaban J connectivity index is 0. The number of likely N-dealkylation sites (tertiary alicyclic amines) is 1. The van der Waals surface area contributed by atoms with Crippen molar-refractivity contribution < 1.29 is 5.48 Å². The van der Waals surface area contributed by atoms with Crippen molar-refractivity contribution >= 4 is 0 Å². The Kier molecular flexibility index (Phi) is 15.1. The number of unbranched alkanes of at least 4 members (excludes halogenated alkanes) is 2. The lowest BCUT2D eigenvalue weighted by atomic mass is 10.3. The van der Waals surface area contributed by atoms with Crippen LogP contribution in [0.3, 0.4) is 0 Å². The Morgan fingerprint density at radius 2 is 1.36 bits per heavy atom. The van der Waals surface area contributed by atoms with E-state index in [1.54, 1.807) is 0 Å². The van der Waals surface area contributed by atoms with E-state index in [9.17, 15) is 0 Å². The van der Waals surface area contributed by atoms with Gasteiger partial charge in [-0.2, -0.15) is 0 Å². The van der Waals surface area contributed by atoms with Crippen LogP contribution in [0.25, 0.3) is 0 Å². The summed E-state index contributed by atoms with van der Waals surface area (Å²) in [5.74, 6) is 0. The Morgan fingerprint density at radius 3 is 1.64 bits per heavy atom. The Bertz CT molecular complexity index is 88.3. The molecule has 2 nitrogen and oxygen atoms in total. The molecule has 0 aromatic carbocycles. The minimum Gasteiger partial charge on any atom is -0.412 e. The van der Waals surface area contributed by atoms with Crippen molar-refractivity contribution in [2.75, 3.05) is 19.6 Å². The van der Waals surface area contributed by atoms with Crippen molar-refractivity contribution in [1.82, 2.24) is 4.90 Å². The van der Waals surface area contributed by atoms with Crippen molar-refractivity contribution in [3.8, 4) is 0 Å². The molecule has 88 valence electrons. The molecule has 0 radical (unpaired) electrons. The Hall–Kier alpha value is -0.0800. The molecule has 0 aromatic heterocycles. The van der Waals surface area contributed by atoms with Crippen LogP contribution in [0.2, 0.25) is 0 Å². The van der Waals surface area contributed by atoms with Crippen molar-refractivity contribution in [3.63, 3.8) is 0 Å². The highest BCUT2D eigenvalue weighted by Gasteiger charge is 2.08. The quantitative estimate of drug-likeness (QED) is 0.692. The van der Waals surface area contributed by atoms with E-state index in [-0.39, 0.29) is 5.48 Å². The zero-order valence-electron chi connectivity index (χ0n) is 10.3. The van der Waals surface area contributed by atoms with E-state index in [1.807, 2.05) is 0 Å². The summed E-state index contributed by atoms with van der Waals surface area (Å²) in [5.41, 5.74) is 0. The van der Waals surface area contributed by atoms with Gasteiger partial charge in [0.25, 0.3) is 0 Å². The molecule has 1 heterocycles. The summed E-state index contributed by atoms with van der Waals surface area (Å²) in [4.78, 5) is 2.54. The van der Waals surface area contributed by atoms with E-state index < -0.39 is 0 Å². The maximum absolute atomic E-state index is 2.54. The molecule has 1 rings (SSSR count). The highest BCUT2D eigenvalue weighted by Crippen LogP contribution is 2.06. The van der Waals surface area contributed by atoms with Crippen LogP contribution in [0.15, 0.2) is 0 Å². The maximum Gasteiger partial charge on any atom is -0.00183 e. The molecule has 1 aliphatic rings. The molecule has 0 bridgehead atoms. The smallest absolute Gasteiger partial charge is 0.00183 e. The van der Waals surface area contributed by atoms with E-state index in [4.69, 9.17) is 0 Å². The first-order valence-electron chi connectivity index (χ1n) is 6.07. The number of nitrogens with zero attached hydrogens (tertiary/aromatic N) is 1. The fourth-order valence-electron chi connectivity index (χ4n) is 1.68. The molecule has 0 saturated carbocycles. The summed E-state index contributed by atoms with van der Waals surface area (Å²) >= 11 is 0. The molecule has 0 unspecified atom stereocenters. The predicted octanol–water partition coefficient (Wildman–Crippen LogP) is 2.86. The van der Waals surface area contributed by atoms with Crippen LogP contribution in [-0.2, 0) is 0 Å². The topological polar surface area (TPSA) is 34.7 Å². The lowest BCUT2D eigenvalue weighted by Crippen LogP contribution is -2.19. The van der Waals surface area contributed by atoms with Gasteiger partial charge >= 0.3 is 0 Å². The largest absolute Gasteiger partial charge is 0.412 e. The second-order valence-corrected chi connectivity index (χ2v) is 3.90. The minimum atomic E-state index is 0. The molecule has 1 saturated heterocycles. The summed E-state index contributed by atoms with van der Waals surface area (Å²) in [6.07, 6.45) is 8.26. The lowest BCUT2D eigenvalue weighted by Gasteiger charge is -2.11. The van der Waals surface area contributed by atoms with Gasteiger partial charge in [-0.1, -0.05) is 40.0 Å². The van der Waals surface area contributed by atoms with Crippen molar-refractivity contribution in [1.29, 1.82) is 0 Å². The Labute approximate surface area is 90.0 Å². The average molecular weight is 203 g/mol.